The highest BCUT2D eigenvalue weighted by atomic mass is 31.3. The van der Waals surface area contributed by atoms with Crippen molar-refractivity contribution >= 4 is 64.0 Å². The van der Waals surface area contributed by atoms with E-state index in [0.717, 1.165) is 62.2 Å². The van der Waals surface area contributed by atoms with Crippen LogP contribution in [0.4, 0.5) is 5.82 Å². The van der Waals surface area contributed by atoms with Crippen molar-refractivity contribution in [3.8, 4) is 0 Å². The van der Waals surface area contributed by atoms with Crippen LogP contribution in [-0.2, 0) is 68.3 Å². The van der Waals surface area contributed by atoms with Crippen LogP contribution in [-0.4, -0.2) is 129 Å². The Bertz CT molecular complexity index is 2520. The molecule has 3 heterocycles. The number of nitrogen functional groups attached to an aromatic ring is 1. The SMILES string of the molecule is CC(C)(CCCCc1ccccc1CCCCCC(C)(C)C(=O)CCNC(=O)CCNC(=O)C(O)C(C)(C)COP(=O)(O)OP(=O)(O)OCC1OC(n2cnc3c(N)ncnc32)C(O)C1OP(=O)(O)O)C(=O)O. The molecule has 4 rings (SSSR count). The normalized spacial score (nSPS) is 19.8. The number of ether oxygens (including phenoxy) is 1. The van der Waals surface area contributed by atoms with E-state index in [-0.39, 0.29) is 48.7 Å². The number of aliphatic hydroxyl groups excluding tert-OH is 2. The van der Waals surface area contributed by atoms with Crippen LogP contribution in [0.3, 0.4) is 0 Å². The Balaban J connectivity index is 1.13. The van der Waals surface area contributed by atoms with Gasteiger partial charge in [0, 0.05) is 36.8 Å². The van der Waals surface area contributed by atoms with Gasteiger partial charge in [-0.05, 0) is 63.5 Å². The van der Waals surface area contributed by atoms with Crippen LogP contribution >= 0.6 is 23.5 Å². The summed E-state index contributed by atoms with van der Waals surface area (Å²) in [6, 6.07) is 8.29. The quantitative estimate of drug-likeness (QED) is 0.0312. The standard InChI is InChI=1S/C44H70N7O19P3/c1-42(2,20-12-7-8-14-28-15-9-10-16-29(28)17-11-13-21-43(3,4)41(57)58)31(52)18-22-46-32(53)19-23-47-39(56)36(55)44(5,6)25-67-73(64,65)70-72(62,63)66-24-30-35(69-71(59,60)61)34(54)40(68-30)51-27-50-33-37(45)48-26-49-38(33)51/h9-10,15-16,26-27,30,34-36,40,54-55H,7-8,11-14,17-25H2,1-6H3,(H,46,53)(H,47,56)(H,57,58)(H,62,63)(H,64,65)(H2,45,48,49)(H2,59,60,61). The van der Waals surface area contributed by atoms with Crippen LogP contribution in [0, 0.1) is 16.2 Å². The van der Waals surface area contributed by atoms with Crippen LogP contribution in [0.5, 0.6) is 0 Å². The zero-order chi connectivity index (χ0) is 54.6. The molecule has 0 aliphatic carbocycles. The van der Waals surface area contributed by atoms with E-state index in [9.17, 15) is 67.8 Å². The average Bonchev–Trinajstić information content (AvgIpc) is 3.86. The van der Waals surface area contributed by atoms with Gasteiger partial charge in [-0.15, -0.1) is 0 Å². The summed E-state index contributed by atoms with van der Waals surface area (Å²) in [4.78, 5) is 101. The maximum atomic E-state index is 13.1. The van der Waals surface area contributed by atoms with Gasteiger partial charge < -0.3 is 56.0 Å². The van der Waals surface area contributed by atoms with Gasteiger partial charge in [0.1, 0.15) is 42.0 Å². The number of nitrogens with one attached hydrogen (secondary N) is 2. The molecule has 0 spiro atoms. The number of carboxylic acid groups (broad SMARTS) is 1. The molecule has 410 valence electrons. The van der Waals surface area contributed by atoms with Gasteiger partial charge in [0.2, 0.25) is 11.8 Å². The lowest BCUT2D eigenvalue weighted by molar-refractivity contribution is -0.147. The Kier molecular flexibility index (Phi) is 22.0. The third-order valence-corrected chi connectivity index (χ3v) is 15.5. The van der Waals surface area contributed by atoms with Crippen molar-refractivity contribution in [1.29, 1.82) is 0 Å². The first-order valence-electron chi connectivity index (χ1n) is 23.6. The molecule has 73 heavy (non-hydrogen) atoms. The molecule has 26 nitrogen and oxygen atoms in total. The fraction of sp³-hybridized carbons (Fsp3) is 0.659. The number of ketones is 1. The second-order valence-corrected chi connectivity index (χ2v) is 24.1. The number of phosphoric acid groups is 3. The number of aryl methyl sites for hydroxylation is 2. The molecule has 2 aromatic heterocycles. The molecule has 0 saturated carbocycles. The number of Topliss-reactive ketones (excluding diaryl/α,β-unsaturated/α-hetero) is 1. The summed E-state index contributed by atoms with van der Waals surface area (Å²) >= 11 is 0. The maximum absolute atomic E-state index is 13.1. The van der Waals surface area contributed by atoms with Gasteiger partial charge in [-0.1, -0.05) is 71.2 Å². The number of aliphatic carboxylic acids is 1. The third kappa shape index (κ3) is 18.9. The van der Waals surface area contributed by atoms with Crippen molar-refractivity contribution in [3.63, 3.8) is 0 Å². The number of carbonyl (C=O) groups excluding carboxylic acids is 3. The number of rotatable bonds is 32. The highest BCUT2D eigenvalue weighted by molar-refractivity contribution is 7.61. The van der Waals surface area contributed by atoms with Crippen molar-refractivity contribution in [2.75, 3.05) is 32.0 Å². The number of phosphoric ester groups is 3. The number of hydrogen-bond acceptors (Lipinski definition) is 18. The summed E-state index contributed by atoms with van der Waals surface area (Å²) in [5, 5.41) is 36.1. The van der Waals surface area contributed by atoms with Gasteiger partial charge in [-0.25, -0.2) is 28.6 Å². The second-order valence-electron chi connectivity index (χ2n) is 19.9. The molecule has 1 aliphatic rings. The number of carboxylic acids is 1. The Morgan fingerprint density at radius 2 is 1.41 bits per heavy atom. The molecule has 1 aliphatic heterocycles. The Hall–Kier alpha value is -4.10. The number of nitrogens with zero attached hydrogens (tertiary/aromatic N) is 4. The first kappa shape index (κ1) is 61.4. The largest absolute Gasteiger partial charge is 0.481 e. The van der Waals surface area contributed by atoms with Gasteiger partial charge in [0.15, 0.2) is 17.7 Å². The van der Waals surface area contributed by atoms with E-state index >= 15 is 0 Å². The van der Waals surface area contributed by atoms with E-state index in [4.69, 9.17) is 19.5 Å². The van der Waals surface area contributed by atoms with E-state index in [0.29, 0.717) is 12.8 Å². The summed E-state index contributed by atoms with van der Waals surface area (Å²) in [7, 11) is -16.5. The van der Waals surface area contributed by atoms with Gasteiger partial charge in [0.05, 0.1) is 25.0 Å². The maximum Gasteiger partial charge on any atom is 0.481 e. The number of carbonyl (C=O) groups is 4. The molecule has 1 fully saturated rings. The third-order valence-electron chi connectivity index (χ3n) is 12.4. The summed E-state index contributed by atoms with van der Waals surface area (Å²) in [5.74, 6) is -2.32. The molecule has 3 aromatic rings. The summed E-state index contributed by atoms with van der Waals surface area (Å²) < 4.78 is 62.6. The fourth-order valence-corrected chi connectivity index (χ4v) is 10.7. The van der Waals surface area contributed by atoms with Crippen LogP contribution < -0.4 is 16.4 Å². The number of aliphatic hydroxyl groups is 2. The van der Waals surface area contributed by atoms with E-state index in [1.54, 1.807) is 13.8 Å². The molecule has 7 atom stereocenters. The number of imidazole rings is 1. The molecular formula is C44H70N7O19P3. The minimum absolute atomic E-state index is 0.0153. The van der Waals surface area contributed by atoms with Gasteiger partial charge in [-0.3, -0.25) is 37.3 Å². The van der Waals surface area contributed by atoms with Crippen molar-refractivity contribution in [3.05, 3.63) is 48.0 Å². The predicted molar refractivity (Wildman–Crippen MR) is 261 cm³/mol. The van der Waals surface area contributed by atoms with Gasteiger partial charge >= 0.3 is 29.4 Å². The molecule has 1 saturated heterocycles. The summed E-state index contributed by atoms with van der Waals surface area (Å²) in [6.45, 7) is 7.53. The molecule has 2 amide bonds. The first-order chi connectivity index (χ1) is 33.8. The number of benzene rings is 1. The zero-order valence-corrected chi connectivity index (χ0v) is 44.4. The first-order valence-corrected chi connectivity index (χ1v) is 28.1. The molecule has 1 aromatic carbocycles. The van der Waals surface area contributed by atoms with Crippen molar-refractivity contribution in [2.24, 2.45) is 16.2 Å². The van der Waals surface area contributed by atoms with Gasteiger partial charge in [-0.2, -0.15) is 4.31 Å². The lowest BCUT2D eigenvalue weighted by atomic mass is 9.81. The van der Waals surface area contributed by atoms with E-state index in [2.05, 4.69) is 46.6 Å². The second kappa shape index (κ2) is 26.1. The van der Waals surface area contributed by atoms with Crippen LogP contribution in [0.2, 0.25) is 0 Å². The Morgan fingerprint density at radius 1 is 0.822 bits per heavy atom. The number of anilines is 1. The molecular weight excluding hydrogens is 1020 g/mol. The summed E-state index contributed by atoms with van der Waals surface area (Å²) in [5.41, 5.74) is 5.44. The van der Waals surface area contributed by atoms with Crippen molar-refractivity contribution < 1.29 is 90.4 Å². The van der Waals surface area contributed by atoms with Crippen molar-refractivity contribution in [2.45, 2.75) is 143 Å². The van der Waals surface area contributed by atoms with E-state index in [1.807, 2.05) is 26.0 Å². The van der Waals surface area contributed by atoms with E-state index < -0.39 is 101 Å². The zero-order valence-electron chi connectivity index (χ0n) is 41.7. The average molecular weight is 1090 g/mol. The lowest BCUT2D eigenvalue weighted by Gasteiger charge is -2.30. The van der Waals surface area contributed by atoms with Crippen molar-refractivity contribution in [1.82, 2.24) is 30.2 Å². The minimum atomic E-state index is -5.60. The highest BCUT2D eigenvalue weighted by Crippen LogP contribution is 2.61. The number of hydrogen-bond donors (Lipinski definition) is 10. The Morgan fingerprint density at radius 3 is 2.04 bits per heavy atom. The number of nitrogens with two attached hydrogens (primary N) is 1. The molecule has 0 bridgehead atoms. The number of unbranched alkanes of at least 4 members (excludes halogenated alkanes) is 3. The Labute approximate surface area is 422 Å². The molecule has 11 N–H and O–H groups in total. The smallest absolute Gasteiger partial charge is 0.481 e. The predicted octanol–water partition coefficient (Wildman–Crippen LogP) is 4.02. The number of aromatic nitrogens is 4. The monoisotopic (exact) mass is 1090 g/mol. The lowest BCUT2D eigenvalue weighted by Crippen LogP contribution is -2.46. The molecule has 7 unspecified atom stereocenters. The van der Waals surface area contributed by atoms with Crippen LogP contribution in [0.15, 0.2) is 36.9 Å². The van der Waals surface area contributed by atoms with E-state index in [1.165, 1.54) is 25.0 Å². The summed E-state index contributed by atoms with van der Waals surface area (Å²) in [6.07, 6.45) is 0.597. The van der Waals surface area contributed by atoms with Crippen LogP contribution in [0.25, 0.3) is 11.2 Å². The highest BCUT2D eigenvalue weighted by Gasteiger charge is 2.50. The van der Waals surface area contributed by atoms with Crippen LogP contribution in [0.1, 0.15) is 117 Å². The topological polar surface area (TPSA) is 401 Å². The molecule has 0 radical (unpaired) electrons. The fourth-order valence-electron chi connectivity index (χ4n) is 7.83. The minimum Gasteiger partial charge on any atom is -0.481 e. The molecule has 29 heteroatoms. The number of amides is 2. The number of fused-ring (bicyclic) bond motifs is 1. The van der Waals surface area contributed by atoms with Gasteiger partial charge in [0.25, 0.3) is 0 Å².